The standard InChI is InChI=1S/C24H34O5/c1-5-20(26)29-19-7-6-17-21-16(22(27)28-4)13-14-12-15(25)8-10-23(14,2)18(21)9-11-24(17,19)3/h12,16-19,21H,5-11,13H2,1-4H3/t16-,17?,18?,19?,21?,23?,24?/m1/s1. The van der Waals surface area contributed by atoms with E-state index in [2.05, 4.69) is 13.8 Å². The molecule has 3 fully saturated rings. The molecular weight excluding hydrogens is 368 g/mol. The molecule has 5 nitrogen and oxygen atoms in total. The third-order valence-corrected chi connectivity index (χ3v) is 8.99. The molecule has 0 aromatic heterocycles. The maximum atomic E-state index is 12.9. The zero-order valence-corrected chi connectivity index (χ0v) is 18.2. The monoisotopic (exact) mass is 402 g/mol. The number of rotatable bonds is 3. The molecule has 4 rings (SSSR count). The van der Waals surface area contributed by atoms with Crippen molar-refractivity contribution in [2.45, 2.75) is 78.2 Å². The normalized spacial score (nSPS) is 43.5. The number of carbonyl (C=O) groups is 3. The van der Waals surface area contributed by atoms with Gasteiger partial charge in [0.25, 0.3) is 0 Å². The largest absolute Gasteiger partial charge is 0.469 e. The fourth-order valence-electron chi connectivity index (χ4n) is 7.34. The van der Waals surface area contributed by atoms with Gasteiger partial charge in [-0.25, -0.2) is 0 Å². The van der Waals surface area contributed by atoms with E-state index in [-0.39, 0.29) is 46.5 Å². The highest BCUT2D eigenvalue weighted by Crippen LogP contribution is 2.67. The minimum Gasteiger partial charge on any atom is -0.469 e. The van der Waals surface area contributed by atoms with Gasteiger partial charge in [0.1, 0.15) is 6.10 Å². The number of ether oxygens (including phenoxy) is 2. The maximum absolute atomic E-state index is 12.9. The molecule has 0 aliphatic heterocycles. The first kappa shape index (κ1) is 20.6. The zero-order chi connectivity index (χ0) is 21.0. The molecule has 0 saturated heterocycles. The second kappa shape index (κ2) is 7.24. The fourth-order valence-corrected chi connectivity index (χ4v) is 7.34. The van der Waals surface area contributed by atoms with Gasteiger partial charge in [0.2, 0.25) is 0 Å². The lowest BCUT2D eigenvalue weighted by Crippen LogP contribution is -2.56. The highest BCUT2D eigenvalue weighted by atomic mass is 16.5. The number of methoxy groups -OCH3 is 1. The summed E-state index contributed by atoms with van der Waals surface area (Å²) >= 11 is 0. The summed E-state index contributed by atoms with van der Waals surface area (Å²) in [6, 6.07) is 0. The van der Waals surface area contributed by atoms with E-state index in [1.54, 1.807) is 0 Å². The Bertz CT molecular complexity index is 754. The summed E-state index contributed by atoms with van der Waals surface area (Å²) in [5, 5.41) is 0. The molecule has 0 bridgehead atoms. The SMILES string of the molecule is CCC(=O)OC1CCC2C3C(CCC12C)C1(C)CCC(=O)C=C1C[C@H]3C(=O)OC. The van der Waals surface area contributed by atoms with Crippen LogP contribution in [0.4, 0.5) is 0 Å². The highest BCUT2D eigenvalue weighted by molar-refractivity contribution is 5.92. The van der Waals surface area contributed by atoms with Crippen molar-refractivity contribution in [2.24, 2.45) is 34.5 Å². The Kier molecular flexibility index (Phi) is 5.15. The van der Waals surface area contributed by atoms with Crippen molar-refractivity contribution in [1.82, 2.24) is 0 Å². The predicted molar refractivity (Wildman–Crippen MR) is 108 cm³/mol. The van der Waals surface area contributed by atoms with Crippen molar-refractivity contribution >= 4 is 17.7 Å². The van der Waals surface area contributed by atoms with Gasteiger partial charge in [0, 0.05) is 18.3 Å². The highest BCUT2D eigenvalue weighted by Gasteiger charge is 2.63. The van der Waals surface area contributed by atoms with Crippen LogP contribution in [0.2, 0.25) is 0 Å². The van der Waals surface area contributed by atoms with Gasteiger partial charge in [0.05, 0.1) is 13.0 Å². The quantitative estimate of drug-likeness (QED) is 0.661. The molecular formula is C24H34O5. The summed E-state index contributed by atoms with van der Waals surface area (Å²) in [5.74, 6) is 0.638. The average Bonchev–Trinajstić information content (AvgIpc) is 3.03. The summed E-state index contributed by atoms with van der Waals surface area (Å²) in [5.41, 5.74) is 1.06. The van der Waals surface area contributed by atoms with Crippen molar-refractivity contribution in [3.05, 3.63) is 11.6 Å². The molecule has 0 heterocycles. The van der Waals surface area contributed by atoms with Gasteiger partial charge in [-0.2, -0.15) is 0 Å². The summed E-state index contributed by atoms with van der Waals surface area (Å²) < 4.78 is 11.1. The van der Waals surface area contributed by atoms with Crippen molar-refractivity contribution in [1.29, 1.82) is 0 Å². The topological polar surface area (TPSA) is 69.7 Å². The van der Waals surface area contributed by atoms with Gasteiger partial charge in [-0.1, -0.05) is 26.3 Å². The molecule has 4 aliphatic carbocycles. The second-order valence-electron chi connectivity index (χ2n) is 10.1. The van der Waals surface area contributed by atoms with Crippen LogP contribution in [-0.2, 0) is 23.9 Å². The Morgan fingerprint density at radius 1 is 1.14 bits per heavy atom. The van der Waals surface area contributed by atoms with Gasteiger partial charge < -0.3 is 9.47 Å². The van der Waals surface area contributed by atoms with Crippen molar-refractivity contribution < 1.29 is 23.9 Å². The molecule has 6 unspecified atom stereocenters. The minimum atomic E-state index is -0.208. The zero-order valence-electron chi connectivity index (χ0n) is 18.2. The van der Waals surface area contributed by atoms with Crippen LogP contribution in [0, 0.1) is 34.5 Å². The van der Waals surface area contributed by atoms with E-state index in [1.165, 1.54) is 7.11 Å². The lowest BCUT2D eigenvalue weighted by molar-refractivity contribution is -0.168. The lowest BCUT2D eigenvalue weighted by atomic mass is 9.45. The molecule has 5 heteroatoms. The Labute approximate surface area is 173 Å². The fraction of sp³-hybridized carbons (Fsp3) is 0.792. The predicted octanol–water partition coefficient (Wildman–Crippen LogP) is 4.24. The molecule has 0 aromatic carbocycles. The number of carbonyl (C=O) groups excluding carboxylic acids is 3. The van der Waals surface area contributed by atoms with Crippen molar-refractivity contribution in [3.63, 3.8) is 0 Å². The number of hydrogen-bond acceptors (Lipinski definition) is 5. The van der Waals surface area contributed by atoms with E-state index in [9.17, 15) is 14.4 Å². The molecule has 0 radical (unpaired) electrons. The molecule has 0 amide bonds. The summed E-state index contributed by atoms with van der Waals surface area (Å²) in [4.78, 5) is 37.0. The maximum Gasteiger partial charge on any atom is 0.309 e. The Morgan fingerprint density at radius 3 is 2.59 bits per heavy atom. The Balaban J connectivity index is 1.71. The second-order valence-corrected chi connectivity index (χ2v) is 10.1. The van der Waals surface area contributed by atoms with Crippen molar-refractivity contribution in [3.8, 4) is 0 Å². The number of esters is 2. The van der Waals surface area contributed by atoms with E-state index in [0.29, 0.717) is 31.1 Å². The number of hydrogen-bond donors (Lipinski definition) is 0. The minimum absolute atomic E-state index is 0.0113. The van der Waals surface area contributed by atoms with Gasteiger partial charge in [0.15, 0.2) is 5.78 Å². The molecule has 29 heavy (non-hydrogen) atoms. The number of allylic oxidation sites excluding steroid dienone is 1. The summed E-state index contributed by atoms with van der Waals surface area (Å²) in [6.45, 7) is 6.41. The first-order valence-electron chi connectivity index (χ1n) is 11.3. The first-order valence-corrected chi connectivity index (χ1v) is 11.3. The van der Waals surface area contributed by atoms with Gasteiger partial charge >= 0.3 is 11.9 Å². The molecule has 3 saturated carbocycles. The molecule has 0 N–H and O–H groups in total. The van der Waals surface area contributed by atoms with Crippen LogP contribution in [-0.4, -0.2) is 30.9 Å². The van der Waals surface area contributed by atoms with Crippen LogP contribution in [0.25, 0.3) is 0 Å². The van der Waals surface area contributed by atoms with Gasteiger partial charge in [-0.3, -0.25) is 14.4 Å². The third-order valence-electron chi connectivity index (χ3n) is 8.99. The molecule has 160 valence electrons. The number of ketones is 1. The van der Waals surface area contributed by atoms with Crippen LogP contribution < -0.4 is 0 Å². The van der Waals surface area contributed by atoms with Crippen LogP contribution in [0.1, 0.15) is 72.1 Å². The molecule has 7 atom stereocenters. The molecule has 0 spiro atoms. The summed E-state index contributed by atoms with van der Waals surface area (Å²) in [7, 11) is 1.47. The Hall–Kier alpha value is -1.65. The molecule has 0 aromatic rings. The van der Waals surface area contributed by atoms with Gasteiger partial charge in [-0.15, -0.1) is 0 Å². The summed E-state index contributed by atoms with van der Waals surface area (Å²) in [6.07, 6.45) is 8.15. The van der Waals surface area contributed by atoms with Crippen LogP contribution >= 0.6 is 0 Å². The van der Waals surface area contributed by atoms with Crippen LogP contribution in [0.15, 0.2) is 11.6 Å². The van der Waals surface area contributed by atoms with E-state index in [0.717, 1.165) is 37.7 Å². The average molecular weight is 403 g/mol. The van der Waals surface area contributed by atoms with Gasteiger partial charge in [-0.05, 0) is 67.8 Å². The van der Waals surface area contributed by atoms with E-state index >= 15 is 0 Å². The van der Waals surface area contributed by atoms with Crippen molar-refractivity contribution in [2.75, 3.05) is 7.11 Å². The van der Waals surface area contributed by atoms with Crippen LogP contribution in [0.3, 0.4) is 0 Å². The smallest absolute Gasteiger partial charge is 0.309 e. The first-order chi connectivity index (χ1) is 13.7. The lowest BCUT2D eigenvalue weighted by Gasteiger charge is -2.59. The van der Waals surface area contributed by atoms with E-state index in [4.69, 9.17) is 9.47 Å². The Morgan fingerprint density at radius 2 is 1.90 bits per heavy atom. The third kappa shape index (κ3) is 3.07. The number of fused-ring (bicyclic) bond motifs is 5. The van der Waals surface area contributed by atoms with E-state index < -0.39 is 0 Å². The molecule has 4 aliphatic rings. The van der Waals surface area contributed by atoms with E-state index in [1.807, 2.05) is 13.0 Å². The van der Waals surface area contributed by atoms with Crippen LogP contribution in [0.5, 0.6) is 0 Å².